The van der Waals surface area contributed by atoms with Crippen molar-refractivity contribution in [1.82, 2.24) is 0 Å². The number of rotatable bonds is 5. The van der Waals surface area contributed by atoms with E-state index in [2.05, 4.69) is 6.92 Å². The van der Waals surface area contributed by atoms with Crippen molar-refractivity contribution in [3.05, 3.63) is 6.92 Å². The Bertz CT molecular complexity index is 230. The van der Waals surface area contributed by atoms with Gasteiger partial charge in [-0.25, -0.2) is 4.57 Å². The Labute approximate surface area is 99.3 Å². The molecule has 0 rings (SSSR count). The van der Waals surface area contributed by atoms with Gasteiger partial charge in [0.2, 0.25) is 0 Å². The van der Waals surface area contributed by atoms with Crippen LogP contribution in [0.15, 0.2) is 0 Å². The fourth-order valence-electron chi connectivity index (χ4n) is 0.919. The van der Waals surface area contributed by atoms with E-state index in [9.17, 15) is 4.57 Å². The maximum Gasteiger partial charge on any atom is 0.475 e. The second kappa shape index (κ2) is 5.63. The average Bonchev–Trinajstić information content (AvgIpc) is 1.93. The quantitative estimate of drug-likeness (QED) is 0.693. The lowest BCUT2D eigenvalue weighted by atomic mass is 10.2. The zero-order chi connectivity index (χ0) is 13.0. The summed E-state index contributed by atoms with van der Waals surface area (Å²) in [5.74, 6) is 0. The highest BCUT2D eigenvalue weighted by atomic mass is 31.2. The van der Waals surface area contributed by atoms with Gasteiger partial charge in [-0.15, -0.1) is 0 Å². The van der Waals surface area contributed by atoms with E-state index in [1.54, 1.807) is 41.5 Å². The van der Waals surface area contributed by atoms with Gasteiger partial charge in [-0.1, -0.05) is 6.92 Å². The monoisotopic (exact) mass is 251 g/mol. The molecule has 0 saturated carbocycles. The van der Waals surface area contributed by atoms with Crippen LogP contribution in [0.3, 0.4) is 0 Å². The normalized spacial score (nSPS) is 14.2. The molecule has 0 aliphatic carbocycles. The molecule has 5 heteroatoms. The summed E-state index contributed by atoms with van der Waals surface area (Å²) in [7, 11) is -3.52. The topological polar surface area (TPSA) is 44.8 Å². The lowest BCUT2D eigenvalue weighted by molar-refractivity contribution is 0.00388. The highest BCUT2D eigenvalue weighted by Crippen LogP contribution is 2.55. The van der Waals surface area contributed by atoms with Gasteiger partial charge in [0.05, 0.1) is 17.8 Å². The highest BCUT2D eigenvalue weighted by Gasteiger charge is 2.36. The highest BCUT2D eigenvalue weighted by molar-refractivity contribution is 7.48. The van der Waals surface area contributed by atoms with Crippen LogP contribution in [-0.4, -0.2) is 17.8 Å². The van der Waals surface area contributed by atoms with Crippen molar-refractivity contribution in [2.45, 2.75) is 59.2 Å². The van der Waals surface area contributed by atoms with Crippen LogP contribution >= 0.6 is 7.82 Å². The minimum atomic E-state index is -3.52. The molecule has 0 atom stereocenters. The van der Waals surface area contributed by atoms with Crippen molar-refractivity contribution in [2.75, 3.05) is 6.61 Å². The summed E-state index contributed by atoms with van der Waals surface area (Å²) in [5, 5.41) is 0. The van der Waals surface area contributed by atoms with E-state index in [4.69, 9.17) is 13.6 Å². The molecule has 0 heterocycles. The Morgan fingerprint density at radius 1 is 1.00 bits per heavy atom. The van der Waals surface area contributed by atoms with Crippen LogP contribution < -0.4 is 0 Å². The molecule has 0 aromatic carbocycles. The molecule has 0 unspecified atom stereocenters. The van der Waals surface area contributed by atoms with Crippen LogP contribution in [0.5, 0.6) is 0 Å². The second-order valence-corrected chi connectivity index (χ2v) is 7.06. The third-order valence-corrected chi connectivity index (χ3v) is 3.21. The summed E-state index contributed by atoms with van der Waals surface area (Å²) in [6, 6.07) is 0. The summed E-state index contributed by atoms with van der Waals surface area (Å²) >= 11 is 0. The van der Waals surface area contributed by atoms with Crippen molar-refractivity contribution >= 4 is 7.82 Å². The average molecular weight is 251 g/mol. The predicted molar refractivity (Wildman–Crippen MR) is 65.2 cm³/mol. The van der Waals surface area contributed by atoms with Crippen molar-refractivity contribution in [2.24, 2.45) is 0 Å². The summed E-state index contributed by atoms with van der Waals surface area (Å²) in [6.07, 6.45) is 0.519. The summed E-state index contributed by atoms with van der Waals surface area (Å²) < 4.78 is 28.3. The van der Waals surface area contributed by atoms with Crippen LogP contribution in [0.25, 0.3) is 0 Å². The molecule has 0 N–H and O–H groups in total. The molecule has 0 aliphatic heterocycles. The molecular weight excluding hydrogens is 227 g/mol. The minimum absolute atomic E-state index is 0.253. The SMILES string of the molecule is [CH2]CCOP(=O)(OC(C)(C)C)OC(C)(C)C. The van der Waals surface area contributed by atoms with Gasteiger partial charge in [-0.05, 0) is 48.0 Å². The standard InChI is InChI=1S/C11H24O4P/c1-8-9-13-16(12,14-10(2,3)4)15-11(5,6)7/h1,8-9H2,2-7H3. The van der Waals surface area contributed by atoms with Gasteiger partial charge < -0.3 is 0 Å². The maximum atomic E-state index is 12.3. The lowest BCUT2D eigenvalue weighted by Gasteiger charge is -2.30. The Morgan fingerprint density at radius 2 is 1.38 bits per heavy atom. The molecular formula is C11H24O4P. The zero-order valence-electron chi connectivity index (χ0n) is 11.2. The van der Waals surface area contributed by atoms with E-state index in [-0.39, 0.29) is 6.61 Å². The zero-order valence-corrected chi connectivity index (χ0v) is 12.1. The van der Waals surface area contributed by atoms with E-state index < -0.39 is 19.0 Å². The summed E-state index contributed by atoms with van der Waals surface area (Å²) in [5.41, 5.74) is -1.16. The molecule has 0 bridgehead atoms. The summed E-state index contributed by atoms with van der Waals surface area (Å²) in [6.45, 7) is 14.7. The number of phosphoric ester groups is 1. The lowest BCUT2D eigenvalue weighted by Crippen LogP contribution is -2.24. The van der Waals surface area contributed by atoms with Crippen molar-refractivity contribution in [3.8, 4) is 0 Å². The van der Waals surface area contributed by atoms with Gasteiger partial charge in [0.15, 0.2) is 0 Å². The first-order valence-corrected chi connectivity index (χ1v) is 6.89. The Kier molecular flexibility index (Phi) is 5.67. The predicted octanol–water partition coefficient (Wildman–Crippen LogP) is 3.97. The number of hydrogen-bond donors (Lipinski definition) is 0. The molecule has 0 aliphatic rings. The number of phosphoric acid groups is 1. The van der Waals surface area contributed by atoms with E-state index in [1.165, 1.54) is 0 Å². The molecule has 1 radical (unpaired) electrons. The largest absolute Gasteiger partial charge is 0.475 e. The summed E-state index contributed by atoms with van der Waals surface area (Å²) in [4.78, 5) is 0. The van der Waals surface area contributed by atoms with Crippen LogP contribution in [0.1, 0.15) is 48.0 Å². The first-order chi connectivity index (χ1) is 6.97. The van der Waals surface area contributed by atoms with E-state index in [1.807, 2.05) is 0 Å². The number of hydrogen-bond acceptors (Lipinski definition) is 4. The van der Waals surface area contributed by atoms with Crippen molar-refractivity contribution < 1.29 is 18.1 Å². The first kappa shape index (κ1) is 16.1. The van der Waals surface area contributed by atoms with Gasteiger partial charge in [0.1, 0.15) is 0 Å². The first-order valence-electron chi connectivity index (χ1n) is 5.43. The van der Waals surface area contributed by atoms with Crippen LogP contribution in [0.2, 0.25) is 0 Å². The molecule has 0 spiro atoms. The fourth-order valence-corrected chi connectivity index (χ4v) is 2.76. The van der Waals surface area contributed by atoms with Gasteiger partial charge in [0.25, 0.3) is 0 Å². The Morgan fingerprint density at radius 3 is 1.62 bits per heavy atom. The van der Waals surface area contributed by atoms with Gasteiger partial charge in [-0.2, -0.15) is 0 Å². The van der Waals surface area contributed by atoms with Gasteiger partial charge in [-0.3, -0.25) is 13.6 Å². The van der Waals surface area contributed by atoms with Crippen LogP contribution in [-0.2, 0) is 18.1 Å². The molecule has 16 heavy (non-hydrogen) atoms. The third-order valence-electron chi connectivity index (χ3n) is 1.17. The maximum absolute atomic E-state index is 12.3. The van der Waals surface area contributed by atoms with Gasteiger partial charge >= 0.3 is 7.82 Å². The molecule has 0 amide bonds. The molecule has 0 aromatic rings. The second-order valence-electron chi connectivity index (χ2n) is 5.54. The Balaban J connectivity index is 4.69. The molecule has 97 valence electrons. The van der Waals surface area contributed by atoms with Crippen molar-refractivity contribution in [3.63, 3.8) is 0 Å². The molecule has 4 nitrogen and oxygen atoms in total. The van der Waals surface area contributed by atoms with Crippen LogP contribution in [0.4, 0.5) is 0 Å². The van der Waals surface area contributed by atoms with Gasteiger partial charge in [0, 0.05) is 0 Å². The third kappa shape index (κ3) is 8.28. The van der Waals surface area contributed by atoms with E-state index in [0.29, 0.717) is 6.42 Å². The van der Waals surface area contributed by atoms with E-state index >= 15 is 0 Å². The fraction of sp³-hybridized carbons (Fsp3) is 0.909. The van der Waals surface area contributed by atoms with Crippen molar-refractivity contribution in [1.29, 1.82) is 0 Å². The smallest absolute Gasteiger partial charge is 0.287 e. The molecule has 0 fully saturated rings. The Hall–Kier alpha value is 0.110. The van der Waals surface area contributed by atoms with Crippen LogP contribution in [0, 0.1) is 6.92 Å². The molecule has 0 aromatic heterocycles. The molecule has 0 saturated heterocycles. The minimum Gasteiger partial charge on any atom is -0.287 e. The van der Waals surface area contributed by atoms with E-state index in [0.717, 1.165) is 0 Å².